The lowest BCUT2D eigenvalue weighted by atomic mass is 10.0. The maximum Gasteiger partial charge on any atom is 0.417 e. The van der Waals surface area contributed by atoms with Crippen LogP contribution in [-0.2, 0) is 17.5 Å². The van der Waals surface area contributed by atoms with Crippen molar-refractivity contribution in [3.05, 3.63) is 82.0 Å². The molecule has 0 bridgehead atoms. The Labute approximate surface area is 207 Å². The van der Waals surface area contributed by atoms with Crippen LogP contribution < -0.4 is 5.56 Å². The number of rotatable bonds is 4. The molecule has 1 aromatic carbocycles. The second-order valence-electron chi connectivity index (χ2n) is 8.53. The predicted octanol–water partition coefficient (Wildman–Crippen LogP) is 5.10. The number of nitrogens with zero attached hydrogens (tertiary/aromatic N) is 4. The lowest BCUT2D eigenvalue weighted by Gasteiger charge is -2.16. The lowest BCUT2D eigenvalue weighted by molar-refractivity contribution is -0.137. The number of alkyl halides is 4. The van der Waals surface area contributed by atoms with E-state index in [-0.39, 0.29) is 42.6 Å². The number of hydrogen-bond donors (Lipinski definition) is 0. The molecule has 0 N–H and O–H groups in total. The Bertz CT molecular complexity index is 1510. The van der Waals surface area contributed by atoms with Gasteiger partial charge in [0.05, 0.1) is 28.0 Å². The van der Waals surface area contributed by atoms with Gasteiger partial charge in [-0.2, -0.15) is 13.2 Å². The summed E-state index contributed by atoms with van der Waals surface area (Å²) in [5.41, 5.74) is -0.820. The molecular weight excluding hydrogens is 500 g/mol. The van der Waals surface area contributed by atoms with Gasteiger partial charge in [0.2, 0.25) is 5.91 Å². The predicted molar refractivity (Wildman–Crippen MR) is 127 cm³/mol. The molecule has 0 radical (unpaired) electrons. The Morgan fingerprint density at radius 2 is 1.97 bits per heavy atom. The standard InChI is InChI=1S/C25H19ClF4N4O2/c26-19-5-4-15(11-18(19)25(28,29)30)17-13-34(21-3-1-2-8-31-21)20-7-10-33(24(36)23(17)20)14-22(35)32-9-6-16(27)12-32/h1-5,7-8,10-11,13,16H,6,9,12,14H2. The number of fused-ring (bicyclic) bond motifs is 1. The van der Waals surface area contributed by atoms with E-state index in [0.29, 0.717) is 11.3 Å². The fourth-order valence-corrected chi connectivity index (χ4v) is 4.64. The quantitative estimate of drug-likeness (QED) is 0.353. The van der Waals surface area contributed by atoms with Crippen LogP contribution in [0.2, 0.25) is 5.02 Å². The van der Waals surface area contributed by atoms with E-state index in [4.69, 9.17) is 11.6 Å². The van der Waals surface area contributed by atoms with E-state index < -0.39 is 34.4 Å². The first-order valence-corrected chi connectivity index (χ1v) is 11.5. The van der Waals surface area contributed by atoms with Crippen LogP contribution in [0, 0.1) is 0 Å². The molecule has 1 fully saturated rings. The fraction of sp³-hybridized carbons (Fsp3) is 0.240. The highest BCUT2D eigenvalue weighted by Gasteiger charge is 2.34. The van der Waals surface area contributed by atoms with Crippen LogP contribution in [0.1, 0.15) is 12.0 Å². The van der Waals surface area contributed by atoms with Gasteiger partial charge in [0.1, 0.15) is 18.5 Å². The van der Waals surface area contributed by atoms with E-state index >= 15 is 0 Å². The zero-order valence-corrected chi connectivity index (χ0v) is 19.4. The zero-order valence-electron chi connectivity index (χ0n) is 18.7. The Morgan fingerprint density at radius 1 is 1.17 bits per heavy atom. The minimum Gasteiger partial charge on any atom is -0.338 e. The number of benzene rings is 1. The van der Waals surface area contributed by atoms with Crippen LogP contribution in [-0.4, -0.2) is 44.2 Å². The fourth-order valence-electron chi connectivity index (χ4n) is 4.41. The maximum absolute atomic E-state index is 13.6. The summed E-state index contributed by atoms with van der Waals surface area (Å²) < 4.78 is 57.0. The summed E-state index contributed by atoms with van der Waals surface area (Å²) in [5, 5.41) is -0.337. The van der Waals surface area contributed by atoms with Gasteiger partial charge in [0.25, 0.3) is 5.56 Å². The van der Waals surface area contributed by atoms with Crippen LogP contribution in [0.3, 0.4) is 0 Å². The third kappa shape index (κ3) is 4.37. The van der Waals surface area contributed by atoms with Crippen molar-refractivity contribution in [3.63, 3.8) is 0 Å². The number of hydrogen-bond acceptors (Lipinski definition) is 3. The highest BCUT2D eigenvalue weighted by Crippen LogP contribution is 2.39. The zero-order chi connectivity index (χ0) is 25.6. The van der Waals surface area contributed by atoms with E-state index in [1.165, 1.54) is 27.9 Å². The van der Waals surface area contributed by atoms with E-state index in [1.54, 1.807) is 35.0 Å². The first kappa shape index (κ1) is 24.1. The van der Waals surface area contributed by atoms with Gasteiger partial charge in [0.15, 0.2) is 0 Å². The molecule has 4 heterocycles. The normalized spacial score (nSPS) is 16.1. The lowest BCUT2D eigenvalue weighted by Crippen LogP contribution is -2.35. The second kappa shape index (κ2) is 9.09. The maximum atomic E-state index is 13.6. The van der Waals surface area contributed by atoms with Crippen molar-refractivity contribution in [1.82, 2.24) is 19.0 Å². The monoisotopic (exact) mass is 518 g/mol. The van der Waals surface area contributed by atoms with Gasteiger partial charge in [0, 0.05) is 30.7 Å². The van der Waals surface area contributed by atoms with E-state index in [0.717, 1.165) is 12.1 Å². The molecule has 1 unspecified atom stereocenters. The number of likely N-dealkylation sites (tertiary alicyclic amines) is 1. The summed E-state index contributed by atoms with van der Waals surface area (Å²) in [4.78, 5) is 31.9. The molecule has 1 atom stereocenters. The molecule has 3 aromatic heterocycles. The van der Waals surface area contributed by atoms with Crippen molar-refractivity contribution in [2.75, 3.05) is 13.1 Å². The van der Waals surface area contributed by atoms with Crippen molar-refractivity contribution < 1.29 is 22.4 Å². The summed E-state index contributed by atoms with van der Waals surface area (Å²) in [6.07, 6.45) is -1.01. The topological polar surface area (TPSA) is 60.1 Å². The van der Waals surface area contributed by atoms with Crippen molar-refractivity contribution in [2.24, 2.45) is 0 Å². The molecule has 1 amide bonds. The Kier molecular flexibility index (Phi) is 6.07. The van der Waals surface area contributed by atoms with Gasteiger partial charge >= 0.3 is 6.18 Å². The summed E-state index contributed by atoms with van der Waals surface area (Å²) in [6.45, 7) is -0.0739. The molecule has 1 aliphatic rings. The number of aromatic nitrogens is 3. The van der Waals surface area contributed by atoms with Gasteiger partial charge in [-0.3, -0.25) is 9.59 Å². The van der Waals surface area contributed by atoms with Gasteiger partial charge in [-0.15, -0.1) is 0 Å². The van der Waals surface area contributed by atoms with Crippen LogP contribution in [0.15, 0.2) is 65.8 Å². The van der Waals surface area contributed by atoms with Gasteiger partial charge in [-0.25, -0.2) is 9.37 Å². The summed E-state index contributed by atoms with van der Waals surface area (Å²) in [7, 11) is 0. The molecule has 1 saturated heterocycles. The van der Waals surface area contributed by atoms with Crippen molar-refractivity contribution in [2.45, 2.75) is 25.3 Å². The smallest absolute Gasteiger partial charge is 0.338 e. The molecule has 4 aromatic rings. The van der Waals surface area contributed by atoms with Crippen molar-refractivity contribution in [1.29, 1.82) is 0 Å². The molecule has 36 heavy (non-hydrogen) atoms. The van der Waals surface area contributed by atoms with E-state index in [2.05, 4.69) is 4.98 Å². The average molecular weight is 519 g/mol. The van der Waals surface area contributed by atoms with Crippen molar-refractivity contribution in [3.8, 4) is 16.9 Å². The molecule has 6 nitrogen and oxygen atoms in total. The third-order valence-electron chi connectivity index (χ3n) is 6.20. The van der Waals surface area contributed by atoms with Gasteiger partial charge in [-0.05, 0) is 42.3 Å². The molecule has 186 valence electrons. The minimum absolute atomic E-state index is 0.0257. The minimum atomic E-state index is -4.69. The van der Waals surface area contributed by atoms with Crippen LogP contribution >= 0.6 is 11.6 Å². The Hall–Kier alpha value is -3.66. The molecule has 5 rings (SSSR count). The van der Waals surface area contributed by atoms with E-state index in [1.807, 2.05) is 0 Å². The first-order chi connectivity index (χ1) is 17.1. The summed E-state index contributed by atoms with van der Waals surface area (Å²) in [5.74, 6) is 0.0474. The summed E-state index contributed by atoms with van der Waals surface area (Å²) in [6, 6.07) is 10.2. The van der Waals surface area contributed by atoms with E-state index in [9.17, 15) is 27.2 Å². The number of pyridine rings is 2. The van der Waals surface area contributed by atoms with Gasteiger partial charge in [-0.1, -0.05) is 23.7 Å². The molecular formula is C25H19ClF4N4O2. The van der Waals surface area contributed by atoms with Gasteiger partial charge < -0.3 is 14.0 Å². The van der Waals surface area contributed by atoms with Crippen LogP contribution in [0.5, 0.6) is 0 Å². The molecule has 11 heteroatoms. The number of amides is 1. The summed E-state index contributed by atoms with van der Waals surface area (Å²) >= 11 is 5.80. The largest absolute Gasteiger partial charge is 0.417 e. The second-order valence-corrected chi connectivity index (χ2v) is 8.94. The highest BCUT2D eigenvalue weighted by atomic mass is 35.5. The highest BCUT2D eigenvalue weighted by molar-refractivity contribution is 6.31. The SMILES string of the molecule is O=C(Cn1ccc2c(c(-c3ccc(Cl)c(C(F)(F)F)c3)cn2-c2ccccn2)c1=O)N1CCC(F)C1. The van der Waals surface area contributed by atoms with Crippen LogP contribution in [0.4, 0.5) is 17.6 Å². The number of carbonyl (C=O) groups excluding carboxylic acids is 1. The first-order valence-electron chi connectivity index (χ1n) is 11.1. The number of halogens is 5. The molecule has 0 saturated carbocycles. The molecule has 0 spiro atoms. The average Bonchev–Trinajstić information content (AvgIpc) is 3.45. The van der Waals surface area contributed by atoms with Crippen LogP contribution in [0.25, 0.3) is 27.8 Å². The Morgan fingerprint density at radius 3 is 2.64 bits per heavy atom. The third-order valence-corrected chi connectivity index (χ3v) is 6.53. The van der Waals surface area contributed by atoms with Crippen molar-refractivity contribution >= 4 is 28.4 Å². The number of carbonyl (C=O) groups is 1. The molecule has 0 aliphatic carbocycles. The Balaban J connectivity index is 1.68. The molecule has 1 aliphatic heterocycles.